The summed E-state index contributed by atoms with van der Waals surface area (Å²) >= 11 is 6.08. The predicted molar refractivity (Wildman–Crippen MR) is 112 cm³/mol. The monoisotopic (exact) mass is 474 g/mol. The fourth-order valence-corrected chi connectivity index (χ4v) is 2.91. The maximum atomic E-state index is 6.08. The summed E-state index contributed by atoms with van der Waals surface area (Å²) in [6.07, 6.45) is 1.09. The lowest BCUT2D eigenvalue weighted by Crippen LogP contribution is -2.39. The van der Waals surface area contributed by atoms with Crippen LogP contribution in [0.25, 0.3) is 0 Å². The first-order chi connectivity index (χ1) is 11.6. The molecule has 2 aromatic rings. The molecule has 1 heterocycles. The van der Waals surface area contributed by atoms with Crippen LogP contribution < -0.4 is 10.6 Å². The summed E-state index contributed by atoms with van der Waals surface area (Å²) in [6, 6.07) is 8.45. The number of halogens is 2. The first kappa shape index (κ1) is 20.0. The molecule has 2 unspecified atom stereocenters. The minimum absolute atomic E-state index is 0. The Morgan fingerprint density at radius 3 is 2.84 bits per heavy atom. The SMILES string of the molecule is CCNC(=NCc1nc(C)c(C)o1)NC1CC1c1cccc(Cl)c1.I. The number of guanidine groups is 1. The third kappa shape index (κ3) is 5.34. The van der Waals surface area contributed by atoms with Crippen molar-refractivity contribution in [3.8, 4) is 0 Å². The molecule has 1 saturated carbocycles. The normalized spacial score (nSPS) is 19.3. The lowest BCUT2D eigenvalue weighted by Gasteiger charge is -2.11. The highest BCUT2D eigenvalue weighted by molar-refractivity contribution is 14.0. The number of hydrogen-bond donors (Lipinski definition) is 2. The Bertz CT molecular complexity index is 727. The van der Waals surface area contributed by atoms with Gasteiger partial charge in [-0.1, -0.05) is 23.7 Å². The molecule has 0 saturated heterocycles. The zero-order valence-corrected chi connectivity index (χ0v) is 17.8. The number of hydrogen-bond acceptors (Lipinski definition) is 3. The molecule has 0 bridgehead atoms. The summed E-state index contributed by atoms with van der Waals surface area (Å²) in [6.45, 7) is 7.15. The number of oxazole rings is 1. The summed E-state index contributed by atoms with van der Waals surface area (Å²) < 4.78 is 5.58. The molecular formula is C18H24ClIN4O. The molecule has 5 nitrogen and oxygen atoms in total. The highest BCUT2D eigenvalue weighted by Crippen LogP contribution is 2.41. The Balaban J connectivity index is 0.00000225. The summed E-state index contributed by atoms with van der Waals surface area (Å²) in [4.78, 5) is 8.94. The van der Waals surface area contributed by atoms with Gasteiger partial charge in [-0.2, -0.15) is 0 Å². The Morgan fingerprint density at radius 1 is 1.40 bits per heavy atom. The smallest absolute Gasteiger partial charge is 0.216 e. The van der Waals surface area contributed by atoms with Gasteiger partial charge in [0.25, 0.3) is 0 Å². The zero-order chi connectivity index (χ0) is 17.1. The van der Waals surface area contributed by atoms with E-state index in [0.29, 0.717) is 24.4 Å². The van der Waals surface area contributed by atoms with Gasteiger partial charge in [0.2, 0.25) is 5.89 Å². The number of aromatic nitrogens is 1. The molecule has 2 atom stereocenters. The highest BCUT2D eigenvalue weighted by atomic mass is 127. The van der Waals surface area contributed by atoms with Crippen molar-refractivity contribution < 1.29 is 4.42 Å². The van der Waals surface area contributed by atoms with E-state index in [1.807, 2.05) is 32.0 Å². The van der Waals surface area contributed by atoms with Gasteiger partial charge in [-0.15, -0.1) is 24.0 Å². The lowest BCUT2D eigenvalue weighted by atomic mass is 10.1. The van der Waals surface area contributed by atoms with Gasteiger partial charge in [-0.05, 0) is 44.9 Å². The fourth-order valence-electron chi connectivity index (χ4n) is 2.71. The third-order valence-corrected chi connectivity index (χ3v) is 4.41. The maximum absolute atomic E-state index is 6.08. The van der Waals surface area contributed by atoms with Gasteiger partial charge in [0.1, 0.15) is 12.3 Å². The lowest BCUT2D eigenvalue weighted by molar-refractivity contribution is 0.472. The molecule has 1 fully saturated rings. The van der Waals surface area contributed by atoms with Gasteiger partial charge in [0, 0.05) is 23.5 Å². The van der Waals surface area contributed by atoms with Crippen molar-refractivity contribution in [1.82, 2.24) is 15.6 Å². The molecule has 0 spiro atoms. The average Bonchev–Trinajstić information content (AvgIpc) is 3.24. The van der Waals surface area contributed by atoms with E-state index in [1.165, 1.54) is 5.56 Å². The summed E-state index contributed by atoms with van der Waals surface area (Å²) in [5.74, 6) is 2.77. The van der Waals surface area contributed by atoms with Crippen molar-refractivity contribution in [2.24, 2.45) is 4.99 Å². The quantitative estimate of drug-likeness (QED) is 0.388. The minimum atomic E-state index is 0. The van der Waals surface area contributed by atoms with Crippen molar-refractivity contribution in [2.75, 3.05) is 6.54 Å². The van der Waals surface area contributed by atoms with E-state index >= 15 is 0 Å². The number of benzene rings is 1. The highest BCUT2D eigenvalue weighted by Gasteiger charge is 2.39. The van der Waals surface area contributed by atoms with Crippen molar-refractivity contribution in [3.05, 3.63) is 52.2 Å². The molecule has 136 valence electrons. The Kier molecular flexibility index (Phi) is 7.13. The molecule has 1 aromatic carbocycles. The van der Waals surface area contributed by atoms with Crippen LogP contribution in [0, 0.1) is 13.8 Å². The van der Waals surface area contributed by atoms with Crippen LogP contribution in [0.15, 0.2) is 33.7 Å². The second kappa shape index (κ2) is 8.89. The second-order valence-corrected chi connectivity index (χ2v) is 6.53. The van der Waals surface area contributed by atoms with Crippen LogP contribution in [0.2, 0.25) is 5.02 Å². The summed E-state index contributed by atoms with van der Waals surface area (Å²) in [5.41, 5.74) is 2.19. The van der Waals surface area contributed by atoms with Gasteiger partial charge in [0.05, 0.1) is 5.69 Å². The zero-order valence-electron chi connectivity index (χ0n) is 14.7. The number of aliphatic imine (C=N–C) groups is 1. The van der Waals surface area contributed by atoms with E-state index in [9.17, 15) is 0 Å². The van der Waals surface area contributed by atoms with Crippen LogP contribution in [0.3, 0.4) is 0 Å². The molecule has 1 aromatic heterocycles. The first-order valence-electron chi connectivity index (χ1n) is 8.30. The number of nitrogens with zero attached hydrogens (tertiary/aromatic N) is 2. The topological polar surface area (TPSA) is 62.5 Å². The van der Waals surface area contributed by atoms with Crippen LogP contribution >= 0.6 is 35.6 Å². The van der Waals surface area contributed by atoms with E-state index in [1.54, 1.807) is 0 Å². The molecule has 2 N–H and O–H groups in total. The summed E-state index contributed by atoms with van der Waals surface area (Å²) in [5, 5.41) is 7.54. The molecule has 7 heteroatoms. The van der Waals surface area contributed by atoms with Crippen molar-refractivity contribution in [2.45, 2.75) is 45.7 Å². The van der Waals surface area contributed by atoms with Crippen molar-refractivity contribution >= 4 is 41.5 Å². The van der Waals surface area contributed by atoms with Gasteiger partial charge in [0.15, 0.2) is 5.96 Å². The van der Waals surface area contributed by atoms with E-state index in [-0.39, 0.29) is 24.0 Å². The van der Waals surface area contributed by atoms with E-state index in [0.717, 1.165) is 35.4 Å². The van der Waals surface area contributed by atoms with Crippen molar-refractivity contribution in [1.29, 1.82) is 0 Å². The number of rotatable bonds is 5. The fraction of sp³-hybridized carbons (Fsp3) is 0.444. The number of aryl methyl sites for hydroxylation is 2. The molecule has 0 radical (unpaired) electrons. The van der Waals surface area contributed by atoms with Gasteiger partial charge in [-0.25, -0.2) is 9.98 Å². The molecule has 0 amide bonds. The maximum Gasteiger partial charge on any atom is 0.216 e. The minimum Gasteiger partial charge on any atom is -0.444 e. The van der Waals surface area contributed by atoms with Crippen LogP contribution in [0.5, 0.6) is 0 Å². The average molecular weight is 475 g/mol. The van der Waals surface area contributed by atoms with Crippen LogP contribution in [-0.2, 0) is 6.54 Å². The Morgan fingerprint density at radius 2 is 2.20 bits per heavy atom. The molecule has 3 rings (SSSR count). The van der Waals surface area contributed by atoms with E-state index < -0.39 is 0 Å². The molecule has 0 aliphatic heterocycles. The first-order valence-corrected chi connectivity index (χ1v) is 8.68. The van der Waals surface area contributed by atoms with Crippen LogP contribution in [-0.4, -0.2) is 23.5 Å². The van der Waals surface area contributed by atoms with Crippen LogP contribution in [0.1, 0.15) is 42.2 Å². The van der Waals surface area contributed by atoms with E-state index in [2.05, 4.69) is 33.6 Å². The van der Waals surface area contributed by atoms with E-state index in [4.69, 9.17) is 16.0 Å². The van der Waals surface area contributed by atoms with Crippen molar-refractivity contribution in [3.63, 3.8) is 0 Å². The van der Waals surface area contributed by atoms with Gasteiger partial charge < -0.3 is 15.1 Å². The molecule has 25 heavy (non-hydrogen) atoms. The second-order valence-electron chi connectivity index (χ2n) is 6.09. The number of nitrogens with one attached hydrogen (secondary N) is 2. The van der Waals surface area contributed by atoms with Gasteiger partial charge in [-0.3, -0.25) is 0 Å². The third-order valence-electron chi connectivity index (χ3n) is 4.18. The van der Waals surface area contributed by atoms with Crippen LogP contribution in [0.4, 0.5) is 0 Å². The molecular weight excluding hydrogens is 451 g/mol. The largest absolute Gasteiger partial charge is 0.444 e. The Labute approximate surface area is 170 Å². The predicted octanol–water partition coefficient (Wildman–Crippen LogP) is 4.17. The Hall–Kier alpha value is -1.28. The summed E-state index contributed by atoms with van der Waals surface area (Å²) in [7, 11) is 0. The molecule has 1 aliphatic rings. The standard InChI is InChI=1S/C18H23ClN4O.HI/c1-4-20-18(21-10-17-22-11(2)12(3)24-17)23-16-9-15(16)13-6-5-7-14(19)8-13;/h5-8,15-16H,4,9-10H2,1-3H3,(H2,20,21,23);1H. The van der Waals surface area contributed by atoms with Gasteiger partial charge >= 0.3 is 0 Å². The molecule has 1 aliphatic carbocycles.